The minimum absolute atomic E-state index is 0.0848. The van der Waals surface area contributed by atoms with E-state index in [0.29, 0.717) is 12.3 Å². The Kier molecular flexibility index (Phi) is 7.01. The van der Waals surface area contributed by atoms with E-state index in [-0.39, 0.29) is 12.1 Å². The van der Waals surface area contributed by atoms with E-state index in [9.17, 15) is 14.7 Å². The summed E-state index contributed by atoms with van der Waals surface area (Å²) in [5.74, 6) is -0.405. The van der Waals surface area contributed by atoms with Crippen LogP contribution in [0, 0.1) is 6.92 Å². The first kappa shape index (κ1) is 24.6. The lowest BCUT2D eigenvalue weighted by Gasteiger charge is -2.23. The van der Waals surface area contributed by atoms with Crippen LogP contribution in [0.25, 0.3) is 10.8 Å². The summed E-state index contributed by atoms with van der Waals surface area (Å²) in [5, 5.41) is 11.7. The number of nitrogens with zero attached hydrogens (tertiary/aromatic N) is 2. The molecule has 6 heteroatoms. The zero-order valence-corrected chi connectivity index (χ0v) is 21.0. The van der Waals surface area contributed by atoms with Gasteiger partial charge in [-0.3, -0.25) is 0 Å². The Labute approximate surface area is 207 Å². The Morgan fingerprint density at radius 3 is 2.49 bits per heavy atom. The molecule has 35 heavy (non-hydrogen) atoms. The second-order valence-corrected chi connectivity index (χ2v) is 10.0. The molecule has 1 aliphatic heterocycles. The van der Waals surface area contributed by atoms with Crippen LogP contribution in [0.5, 0.6) is 5.75 Å². The van der Waals surface area contributed by atoms with Crippen molar-refractivity contribution in [2.24, 2.45) is 0 Å². The molecule has 0 saturated carbocycles. The third-order valence-corrected chi connectivity index (χ3v) is 6.86. The van der Waals surface area contributed by atoms with Gasteiger partial charge in [0, 0.05) is 20.1 Å². The van der Waals surface area contributed by atoms with Crippen LogP contribution in [0.4, 0.5) is 4.79 Å². The molecule has 0 aliphatic carbocycles. The SMILES string of the molecule is Cc1cc(CCC[C@H]2CN(Cc3ccc4ccccc4c3)C(=O)N2C)ccc1OC(C)(C)C(=O)O. The summed E-state index contributed by atoms with van der Waals surface area (Å²) in [5.41, 5.74) is 1.98. The standard InChI is InChI=1S/C29H34N2O4/c1-20-16-21(13-15-26(20)35-29(2,3)27(32)33)8-7-11-25-19-31(28(34)30(25)4)18-22-12-14-23-9-5-6-10-24(23)17-22/h5-6,9-10,12-17,25H,7-8,11,18-19H2,1-4H3,(H,32,33)/t25-/m0/s1. The molecule has 4 rings (SSSR count). The van der Waals surface area contributed by atoms with Crippen LogP contribution in [-0.4, -0.2) is 52.1 Å². The molecular formula is C29H34N2O4. The molecule has 1 saturated heterocycles. The fraction of sp³-hybridized carbons (Fsp3) is 0.379. The summed E-state index contributed by atoms with van der Waals surface area (Å²) in [6, 6.07) is 20.9. The lowest BCUT2D eigenvalue weighted by Crippen LogP contribution is -2.38. The summed E-state index contributed by atoms with van der Waals surface area (Å²) in [6.45, 7) is 6.39. The number of carboxylic acid groups (broad SMARTS) is 1. The van der Waals surface area contributed by atoms with Crippen molar-refractivity contribution in [3.05, 3.63) is 77.4 Å². The smallest absolute Gasteiger partial charge is 0.347 e. The normalized spacial score (nSPS) is 16.2. The van der Waals surface area contributed by atoms with Crippen LogP contribution in [-0.2, 0) is 17.8 Å². The zero-order chi connectivity index (χ0) is 25.2. The van der Waals surface area contributed by atoms with Gasteiger partial charge >= 0.3 is 12.0 Å². The monoisotopic (exact) mass is 474 g/mol. The van der Waals surface area contributed by atoms with E-state index in [1.807, 2.05) is 48.0 Å². The molecule has 3 aromatic rings. The van der Waals surface area contributed by atoms with Crippen LogP contribution in [0.15, 0.2) is 60.7 Å². The lowest BCUT2D eigenvalue weighted by atomic mass is 10.0. The molecule has 1 N–H and O–H groups in total. The highest BCUT2D eigenvalue weighted by Crippen LogP contribution is 2.26. The zero-order valence-electron chi connectivity index (χ0n) is 21.0. The van der Waals surface area contributed by atoms with Crippen molar-refractivity contribution in [2.45, 2.75) is 58.2 Å². The average molecular weight is 475 g/mol. The number of aryl methyl sites for hydroxylation is 2. The van der Waals surface area contributed by atoms with Gasteiger partial charge in [-0.25, -0.2) is 9.59 Å². The maximum atomic E-state index is 12.9. The highest BCUT2D eigenvalue weighted by atomic mass is 16.5. The molecule has 3 aromatic carbocycles. The van der Waals surface area contributed by atoms with E-state index in [1.165, 1.54) is 16.3 Å². The number of amides is 2. The number of carbonyl (C=O) groups excluding carboxylic acids is 1. The minimum atomic E-state index is -1.27. The van der Waals surface area contributed by atoms with Gasteiger partial charge < -0.3 is 19.6 Å². The number of rotatable bonds is 9. The molecule has 6 nitrogen and oxygen atoms in total. The maximum Gasteiger partial charge on any atom is 0.347 e. The van der Waals surface area contributed by atoms with Crippen molar-refractivity contribution in [3.63, 3.8) is 0 Å². The molecule has 1 atom stereocenters. The Morgan fingerprint density at radius 2 is 1.77 bits per heavy atom. The highest BCUT2D eigenvalue weighted by molar-refractivity contribution is 5.83. The number of benzene rings is 3. The Balaban J connectivity index is 1.31. The number of carbonyl (C=O) groups is 2. The molecule has 0 aromatic heterocycles. The van der Waals surface area contributed by atoms with Gasteiger partial charge in [0.1, 0.15) is 5.75 Å². The van der Waals surface area contributed by atoms with Gasteiger partial charge in [0.25, 0.3) is 0 Å². The number of aliphatic carboxylic acids is 1. The third kappa shape index (κ3) is 5.59. The number of hydrogen-bond acceptors (Lipinski definition) is 3. The van der Waals surface area contributed by atoms with Gasteiger partial charge in [0.15, 0.2) is 5.60 Å². The van der Waals surface area contributed by atoms with Gasteiger partial charge in [-0.2, -0.15) is 0 Å². The second-order valence-electron chi connectivity index (χ2n) is 10.0. The molecule has 1 aliphatic rings. The van der Waals surface area contributed by atoms with Crippen LogP contribution < -0.4 is 4.74 Å². The molecule has 0 radical (unpaired) electrons. The predicted octanol–water partition coefficient (Wildman–Crippen LogP) is 5.65. The predicted molar refractivity (Wildman–Crippen MR) is 138 cm³/mol. The number of urea groups is 1. The summed E-state index contributed by atoms with van der Waals surface area (Å²) in [6.07, 6.45) is 2.79. The number of hydrogen-bond donors (Lipinski definition) is 1. The van der Waals surface area contributed by atoms with Crippen LogP contribution in [0.3, 0.4) is 0 Å². The van der Waals surface area contributed by atoms with Gasteiger partial charge in [0.2, 0.25) is 0 Å². The van der Waals surface area contributed by atoms with E-state index >= 15 is 0 Å². The highest BCUT2D eigenvalue weighted by Gasteiger charge is 2.34. The van der Waals surface area contributed by atoms with E-state index in [4.69, 9.17) is 4.74 Å². The van der Waals surface area contributed by atoms with E-state index in [1.54, 1.807) is 13.8 Å². The topological polar surface area (TPSA) is 70.1 Å². The fourth-order valence-corrected chi connectivity index (χ4v) is 4.65. The van der Waals surface area contributed by atoms with Crippen LogP contribution in [0.1, 0.15) is 43.4 Å². The van der Waals surface area contributed by atoms with Gasteiger partial charge in [-0.15, -0.1) is 0 Å². The third-order valence-electron chi connectivity index (χ3n) is 6.86. The lowest BCUT2D eigenvalue weighted by molar-refractivity contribution is -0.152. The molecule has 0 spiro atoms. The first-order chi connectivity index (χ1) is 16.6. The maximum absolute atomic E-state index is 12.9. The molecule has 2 amide bonds. The van der Waals surface area contributed by atoms with Crippen molar-refractivity contribution in [2.75, 3.05) is 13.6 Å². The molecule has 184 valence electrons. The summed E-state index contributed by atoms with van der Waals surface area (Å²) < 4.78 is 5.70. The Bertz CT molecular complexity index is 1240. The Hall–Kier alpha value is -3.54. The van der Waals surface area contributed by atoms with E-state index in [2.05, 4.69) is 36.4 Å². The largest absolute Gasteiger partial charge is 0.478 e. The van der Waals surface area contributed by atoms with Crippen molar-refractivity contribution >= 4 is 22.8 Å². The van der Waals surface area contributed by atoms with Gasteiger partial charge in [-0.1, -0.05) is 48.5 Å². The fourth-order valence-electron chi connectivity index (χ4n) is 4.65. The van der Waals surface area contributed by atoms with Crippen molar-refractivity contribution < 1.29 is 19.4 Å². The summed E-state index contributed by atoms with van der Waals surface area (Å²) in [4.78, 5) is 28.0. The first-order valence-corrected chi connectivity index (χ1v) is 12.2. The summed E-state index contributed by atoms with van der Waals surface area (Å²) in [7, 11) is 1.90. The van der Waals surface area contributed by atoms with E-state index in [0.717, 1.165) is 36.9 Å². The van der Waals surface area contributed by atoms with Gasteiger partial charge in [-0.05, 0) is 79.6 Å². The average Bonchev–Trinajstić information content (AvgIpc) is 3.08. The first-order valence-electron chi connectivity index (χ1n) is 12.2. The molecule has 1 heterocycles. The molecule has 0 bridgehead atoms. The number of ether oxygens (including phenoxy) is 1. The Morgan fingerprint density at radius 1 is 1.06 bits per heavy atom. The minimum Gasteiger partial charge on any atom is -0.478 e. The summed E-state index contributed by atoms with van der Waals surface area (Å²) >= 11 is 0. The number of carboxylic acids is 1. The van der Waals surface area contributed by atoms with Gasteiger partial charge in [0.05, 0.1) is 6.04 Å². The molecule has 0 unspecified atom stereocenters. The van der Waals surface area contributed by atoms with Crippen LogP contribution >= 0.6 is 0 Å². The van der Waals surface area contributed by atoms with Crippen molar-refractivity contribution in [1.82, 2.24) is 9.80 Å². The van der Waals surface area contributed by atoms with Crippen molar-refractivity contribution in [1.29, 1.82) is 0 Å². The second kappa shape index (κ2) is 9.98. The molecule has 1 fully saturated rings. The van der Waals surface area contributed by atoms with E-state index < -0.39 is 11.6 Å². The van der Waals surface area contributed by atoms with Crippen molar-refractivity contribution in [3.8, 4) is 5.75 Å². The quantitative estimate of drug-likeness (QED) is 0.435. The number of fused-ring (bicyclic) bond motifs is 1. The number of likely N-dealkylation sites (N-methyl/N-ethyl adjacent to an activating group) is 1. The van der Waals surface area contributed by atoms with Crippen LogP contribution in [0.2, 0.25) is 0 Å². The molecular weight excluding hydrogens is 440 g/mol.